The van der Waals surface area contributed by atoms with Gasteiger partial charge in [-0.3, -0.25) is 9.59 Å². The Morgan fingerprint density at radius 2 is 1.76 bits per heavy atom. The van der Waals surface area contributed by atoms with Gasteiger partial charge < -0.3 is 15.1 Å². The number of hydrogen-bond acceptors (Lipinski definition) is 4. The normalized spacial score (nSPS) is 20.4. The maximum atomic E-state index is 13.6. The molecular formula is C28H36FN5O3. The molecule has 198 valence electrons. The van der Waals surface area contributed by atoms with Gasteiger partial charge in [0.1, 0.15) is 18.0 Å². The van der Waals surface area contributed by atoms with Crippen LogP contribution in [0.15, 0.2) is 54.6 Å². The van der Waals surface area contributed by atoms with Crippen molar-refractivity contribution < 1.29 is 18.8 Å². The van der Waals surface area contributed by atoms with Crippen LogP contribution in [0.3, 0.4) is 0 Å². The van der Waals surface area contributed by atoms with Gasteiger partial charge in [0.15, 0.2) is 0 Å². The molecule has 2 aromatic carbocycles. The first-order valence-electron chi connectivity index (χ1n) is 12.9. The van der Waals surface area contributed by atoms with Gasteiger partial charge in [-0.2, -0.15) is 0 Å². The Kier molecular flexibility index (Phi) is 8.43. The summed E-state index contributed by atoms with van der Waals surface area (Å²) in [6.07, 6.45) is 1.56. The van der Waals surface area contributed by atoms with Crippen molar-refractivity contribution in [2.75, 3.05) is 26.7 Å². The van der Waals surface area contributed by atoms with Crippen molar-refractivity contribution in [3.8, 4) is 0 Å². The highest BCUT2D eigenvalue weighted by atomic mass is 19.1. The second-order valence-electron chi connectivity index (χ2n) is 10.2. The number of hydrogen-bond donors (Lipinski definition) is 1. The molecule has 2 aliphatic heterocycles. The quantitative estimate of drug-likeness (QED) is 0.593. The van der Waals surface area contributed by atoms with E-state index in [0.717, 1.165) is 18.4 Å². The van der Waals surface area contributed by atoms with Crippen LogP contribution in [0.5, 0.6) is 0 Å². The molecule has 2 aromatic rings. The summed E-state index contributed by atoms with van der Waals surface area (Å²) in [6, 6.07) is 15.1. The van der Waals surface area contributed by atoms with Crippen molar-refractivity contribution in [2.24, 2.45) is 5.92 Å². The van der Waals surface area contributed by atoms with Crippen molar-refractivity contribution in [1.29, 1.82) is 0 Å². The number of aryl methyl sites for hydroxylation is 1. The van der Waals surface area contributed by atoms with E-state index in [9.17, 15) is 18.8 Å². The van der Waals surface area contributed by atoms with Gasteiger partial charge in [-0.25, -0.2) is 19.2 Å². The SMILES string of the molecule is CC(C)C[C@H]1C(=O)N(CCCc2ccccc2)C[C@H]2N1C(=O)CN(C)N2C(=O)NCc1ccc(F)cc1. The molecule has 4 amide bonds. The smallest absolute Gasteiger partial charge is 0.334 e. The Balaban J connectivity index is 1.52. The lowest BCUT2D eigenvalue weighted by Crippen LogP contribution is -2.76. The Morgan fingerprint density at radius 3 is 2.43 bits per heavy atom. The Labute approximate surface area is 218 Å². The Morgan fingerprint density at radius 1 is 1.05 bits per heavy atom. The zero-order chi connectivity index (χ0) is 26.5. The lowest BCUT2D eigenvalue weighted by atomic mass is 9.97. The number of benzene rings is 2. The number of hydrazine groups is 1. The number of carbonyl (C=O) groups is 3. The van der Waals surface area contributed by atoms with Gasteiger partial charge in [0.05, 0.1) is 13.1 Å². The molecule has 0 aromatic heterocycles. The number of fused-ring (bicyclic) bond motifs is 1. The minimum absolute atomic E-state index is 0.0103. The zero-order valence-corrected chi connectivity index (χ0v) is 21.8. The largest absolute Gasteiger partial charge is 0.337 e. The first-order valence-corrected chi connectivity index (χ1v) is 12.9. The molecule has 8 nitrogen and oxygen atoms in total. The number of nitrogens with zero attached hydrogens (tertiary/aromatic N) is 4. The van der Waals surface area contributed by atoms with E-state index in [4.69, 9.17) is 0 Å². The molecule has 0 bridgehead atoms. The van der Waals surface area contributed by atoms with E-state index in [-0.39, 0.29) is 49.2 Å². The van der Waals surface area contributed by atoms with Gasteiger partial charge >= 0.3 is 6.03 Å². The van der Waals surface area contributed by atoms with E-state index in [2.05, 4.69) is 17.4 Å². The fourth-order valence-electron chi connectivity index (χ4n) is 5.16. The highest BCUT2D eigenvalue weighted by molar-refractivity contribution is 5.91. The molecule has 2 saturated heterocycles. The average molecular weight is 510 g/mol. The predicted molar refractivity (Wildman–Crippen MR) is 138 cm³/mol. The van der Waals surface area contributed by atoms with E-state index >= 15 is 0 Å². The minimum atomic E-state index is -0.607. The average Bonchev–Trinajstić information content (AvgIpc) is 2.86. The highest BCUT2D eigenvalue weighted by Crippen LogP contribution is 2.29. The number of likely N-dealkylation sites (N-methyl/N-ethyl adjacent to an activating group) is 1. The summed E-state index contributed by atoms with van der Waals surface area (Å²) >= 11 is 0. The number of carbonyl (C=O) groups excluding carboxylic acids is 3. The summed E-state index contributed by atoms with van der Waals surface area (Å²) in [6.45, 7) is 5.10. The lowest BCUT2D eigenvalue weighted by Gasteiger charge is -2.54. The molecule has 2 atom stereocenters. The van der Waals surface area contributed by atoms with Gasteiger partial charge in [0.2, 0.25) is 11.8 Å². The third-order valence-corrected chi connectivity index (χ3v) is 6.94. The zero-order valence-electron chi connectivity index (χ0n) is 21.8. The van der Waals surface area contributed by atoms with Crippen LogP contribution in [0.1, 0.15) is 37.8 Å². The van der Waals surface area contributed by atoms with Crippen molar-refractivity contribution in [2.45, 2.75) is 51.9 Å². The fourth-order valence-corrected chi connectivity index (χ4v) is 5.16. The van der Waals surface area contributed by atoms with Crippen molar-refractivity contribution in [1.82, 2.24) is 25.1 Å². The first kappa shape index (κ1) is 26.6. The summed E-state index contributed by atoms with van der Waals surface area (Å²) in [5, 5.41) is 6.06. The van der Waals surface area contributed by atoms with E-state index in [1.165, 1.54) is 17.7 Å². The Bertz CT molecular complexity index is 1090. The lowest BCUT2D eigenvalue weighted by molar-refractivity contribution is -0.188. The minimum Gasteiger partial charge on any atom is -0.337 e. The van der Waals surface area contributed by atoms with E-state index in [1.54, 1.807) is 34.1 Å². The molecule has 1 N–H and O–H groups in total. The standard InChI is InChI=1S/C28H36FN5O3/c1-20(2)16-24-27(36)32(15-7-10-21-8-5-4-6-9-21)18-25-33(24)26(35)19-31(3)34(25)28(37)30-17-22-11-13-23(29)14-12-22/h4-6,8-9,11-14,20,24-25H,7,10,15-19H2,1-3H3,(H,30,37)/t24-,25-/m0/s1. The van der Waals surface area contributed by atoms with Crippen LogP contribution in [0.2, 0.25) is 0 Å². The topological polar surface area (TPSA) is 76.2 Å². The molecular weight excluding hydrogens is 473 g/mol. The molecule has 0 radical (unpaired) electrons. The maximum absolute atomic E-state index is 13.6. The molecule has 0 saturated carbocycles. The molecule has 37 heavy (non-hydrogen) atoms. The first-order chi connectivity index (χ1) is 17.7. The van der Waals surface area contributed by atoms with Crippen LogP contribution in [0.4, 0.5) is 9.18 Å². The third kappa shape index (κ3) is 6.28. The van der Waals surface area contributed by atoms with Crippen LogP contribution in [0.25, 0.3) is 0 Å². The highest BCUT2D eigenvalue weighted by Gasteiger charge is 2.50. The van der Waals surface area contributed by atoms with Gasteiger partial charge in [0, 0.05) is 20.1 Å². The molecule has 2 fully saturated rings. The summed E-state index contributed by atoms with van der Waals surface area (Å²) in [7, 11) is 1.71. The third-order valence-electron chi connectivity index (χ3n) is 6.94. The van der Waals surface area contributed by atoms with Crippen LogP contribution < -0.4 is 5.32 Å². The number of rotatable bonds is 8. The van der Waals surface area contributed by atoms with Gasteiger partial charge in [-0.05, 0) is 48.4 Å². The van der Waals surface area contributed by atoms with E-state index < -0.39 is 12.2 Å². The molecule has 0 spiro atoms. The number of nitrogens with one attached hydrogen (secondary N) is 1. The molecule has 9 heteroatoms. The summed E-state index contributed by atoms with van der Waals surface area (Å²) in [5.41, 5.74) is 1.98. The number of halogens is 1. The van der Waals surface area contributed by atoms with Crippen LogP contribution >= 0.6 is 0 Å². The maximum Gasteiger partial charge on any atom is 0.334 e. The van der Waals surface area contributed by atoms with Crippen molar-refractivity contribution in [3.05, 3.63) is 71.5 Å². The van der Waals surface area contributed by atoms with Gasteiger partial charge in [-0.15, -0.1) is 0 Å². The number of urea groups is 1. The van der Waals surface area contributed by atoms with Crippen LogP contribution in [0, 0.1) is 11.7 Å². The number of amides is 4. The van der Waals surface area contributed by atoms with Gasteiger partial charge in [-0.1, -0.05) is 56.3 Å². The van der Waals surface area contributed by atoms with Gasteiger partial charge in [0.25, 0.3) is 0 Å². The number of piperazine rings is 1. The second kappa shape index (κ2) is 11.7. The molecule has 0 aliphatic carbocycles. The van der Waals surface area contributed by atoms with Crippen LogP contribution in [-0.2, 0) is 22.6 Å². The molecule has 4 rings (SSSR count). The molecule has 0 unspecified atom stereocenters. The van der Waals surface area contributed by atoms with Crippen molar-refractivity contribution in [3.63, 3.8) is 0 Å². The summed E-state index contributed by atoms with van der Waals surface area (Å²) < 4.78 is 13.3. The Hall–Kier alpha value is -3.46. The van der Waals surface area contributed by atoms with E-state index in [1.807, 2.05) is 36.9 Å². The van der Waals surface area contributed by atoms with Crippen molar-refractivity contribution >= 4 is 17.8 Å². The monoisotopic (exact) mass is 509 g/mol. The van der Waals surface area contributed by atoms with E-state index in [0.29, 0.717) is 13.0 Å². The summed E-state index contributed by atoms with van der Waals surface area (Å²) in [4.78, 5) is 43.6. The summed E-state index contributed by atoms with van der Waals surface area (Å²) in [5.74, 6) is -0.344. The fraction of sp³-hybridized carbons (Fsp3) is 0.464. The molecule has 2 aliphatic rings. The second-order valence-corrected chi connectivity index (χ2v) is 10.2. The molecule has 2 heterocycles. The van der Waals surface area contributed by atoms with Crippen LogP contribution in [-0.4, -0.2) is 76.6 Å². The predicted octanol–water partition coefficient (Wildman–Crippen LogP) is 3.24.